The lowest BCUT2D eigenvalue weighted by Crippen LogP contribution is -2.50. The van der Waals surface area contributed by atoms with Crippen LogP contribution in [0.25, 0.3) is 0 Å². The first kappa shape index (κ1) is 14.7. The van der Waals surface area contributed by atoms with E-state index in [4.69, 9.17) is 0 Å². The molecule has 1 amide bonds. The van der Waals surface area contributed by atoms with E-state index in [2.05, 4.69) is 32.0 Å². The Morgan fingerprint density at radius 1 is 1.30 bits per heavy atom. The van der Waals surface area contributed by atoms with E-state index in [1.807, 2.05) is 13.0 Å². The zero-order valence-corrected chi connectivity index (χ0v) is 12.2. The molecule has 0 aliphatic carbocycles. The van der Waals surface area contributed by atoms with Crippen molar-refractivity contribution in [2.75, 3.05) is 37.6 Å². The zero-order valence-electron chi connectivity index (χ0n) is 12.2. The summed E-state index contributed by atoms with van der Waals surface area (Å²) in [7, 11) is 0. The van der Waals surface area contributed by atoms with E-state index in [1.165, 1.54) is 0 Å². The Balaban J connectivity index is 1.76. The fourth-order valence-corrected chi connectivity index (χ4v) is 2.19. The highest BCUT2D eigenvalue weighted by molar-refractivity contribution is 5.78. The van der Waals surface area contributed by atoms with Crippen LogP contribution in [0, 0.1) is 0 Å². The maximum atomic E-state index is 11.8. The van der Waals surface area contributed by atoms with Gasteiger partial charge in [0.25, 0.3) is 0 Å². The van der Waals surface area contributed by atoms with Gasteiger partial charge in [-0.3, -0.25) is 9.69 Å². The lowest BCUT2D eigenvalue weighted by Gasteiger charge is -2.34. The monoisotopic (exact) mass is 277 g/mol. The zero-order chi connectivity index (χ0) is 14.4. The first-order chi connectivity index (χ1) is 9.69. The quantitative estimate of drug-likeness (QED) is 0.850. The maximum Gasteiger partial charge on any atom is 0.234 e. The van der Waals surface area contributed by atoms with Gasteiger partial charge in [-0.05, 0) is 19.4 Å². The highest BCUT2D eigenvalue weighted by atomic mass is 16.2. The minimum absolute atomic E-state index is 0.115. The van der Waals surface area contributed by atoms with E-state index in [0.29, 0.717) is 6.54 Å². The molecular formula is C14H23N5O. The Labute approximate surface area is 120 Å². The number of hydrogen-bond donors (Lipinski definition) is 1. The Bertz CT molecular complexity index is 417. The summed E-state index contributed by atoms with van der Waals surface area (Å²) in [5, 5.41) is 3.00. The Hall–Kier alpha value is -1.69. The molecule has 1 fully saturated rings. The van der Waals surface area contributed by atoms with E-state index in [-0.39, 0.29) is 11.9 Å². The van der Waals surface area contributed by atoms with Gasteiger partial charge in [0.05, 0.1) is 6.54 Å². The van der Waals surface area contributed by atoms with Crippen LogP contribution >= 0.6 is 0 Å². The second kappa shape index (κ2) is 7.19. The van der Waals surface area contributed by atoms with Crippen LogP contribution in [0.2, 0.25) is 0 Å². The third kappa shape index (κ3) is 4.16. The SMILES string of the molecule is CC[C@@H](C)NC(=O)CN1CCN(c2ncccn2)CC1. The first-order valence-electron chi connectivity index (χ1n) is 7.22. The summed E-state index contributed by atoms with van der Waals surface area (Å²) < 4.78 is 0. The van der Waals surface area contributed by atoms with Crippen molar-refractivity contribution >= 4 is 11.9 Å². The number of aromatic nitrogens is 2. The van der Waals surface area contributed by atoms with Crippen LogP contribution in [-0.2, 0) is 4.79 Å². The molecule has 0 spiro atoms. The lowest BCUT2D eigenvalue weighted by atomic mass is 10.2. The summed E-state index contributed by atoms with van der Waals surface area (Å²) in [6.45, 7) is 8.04. The van der Waals surface area contributed by atoms with E-state index in [1.54, 1.807) is 12.4 Å². The average molecular weight is 277 g/mol. The molecule has 0 unspecified atom stereocenters. The molecule has 20 heavy (non-hydrogen) atoms. The molecule has 2 heterocycles. The summed E-state index contributed by atoms with van der Waals surface area (Å²) >= 11 is 0. The molecule has 6 nitrogen and oxygen atoms in total. The molecule has 2 rings (SSSR count). The predicted octanol–water partition coefficient (Wildman–Crippen LogP) is 0.513. The minimum atomic E-state index is 0.115. The van der Waals surface area contributed by atoms with Crippen molar-refractivity contribution in [2.45, 2.75) is 26.3 Å². The van der Waals surface area contributed by atoms with Crippen molar-refractivity contribution in [2.24, 2.45) is 0 Å². The number of hydrogen-bond acceptors (Lipinski definition) is 5. The number of anilines is 1. The molecule has 6 heteroatoms. The standard InChI is InChI=1S/C14H23N5O/c1-3-12(2)17-13(20)11-18-7-9-19(10-8-18)14-15-5-4-6-16-14/h4-6,12H,3,7-11H2,1-2H3,(H,17,20)/t12-/m1/s1. The van der Waals surface area contributed by atoms with Crippen LogP contribution in [0.15, 0.2) is 18.5 Å². The smallest absolute Gasteiger partial charge is 0.234 e. The second-order valence-corrected chi connectivity index (χ2v) is 5.19. The Kier molecular flexibility index (Phi) is 5.29. The summed E-state index contributed by atoms with van der Waals surface area (Å²) in [4.78, 5) is 24.7. The largest absolute Gasteiger partial charge is 0.353 e. The number of piperazine rings is 1. The molecule has 1 aromatic heterocycles. The number of amides is 1. The lowest BCUT2D eigenvalue weighted by molar-refractivity contribution is -0.122. The normalized spacial score (nSPS) is 17.8. The van der Waals surface area contributed by atoms with Crippen molar-refractivity contribution in [1.29, 1.82) is 0 Å². The van der Waals surface area contributed by atoms with E-state index in [9.17, 15) is 4.79 Å². The van der Waals surface area contributed by atoms with Crippen molar-refractivity contribution < 1.29 is 4.79 Å². The van der Waals surface area contributed by atoms with Crippen molar-refractivity contribution in [3.05, 3.63) is 18.5 Å². The van der Waals surface area contributed by atoms with Crippen LogP contribution in [-0.4, -0.2) is 59.5 Å². The van der Waals surface area contributed by atoms with Crippen molar-refractivity contribution in [3.63, 3.8) is 0 Å². The minimum Gasteiger partial charge on any atom is -0.353 e. The predicted molar refractivity (Wildman–Crippen MR) is 78.6 cm³/mol. The van der Waals surface area contributed by atoms with Crippen LogP contribution in [0.5, 0.6) is 0 Å². The van der Waals surface area contributed by atoms with E-state index < -0.39 is 0 Å². The third-order valence-corrected chi connectivity index (χ3v) is 3.59. The molecule has 1 saturated heterocycles. The van der Waals surface area contributed by atoms with Gasteiger partial charge < -0.3 is 10.2 Å². The molecule has 1 aliphatic rings. The summed E-state index contributed by atoms with van der Waals surface area (Å²) in [5.74, 6) is 0.889. The van der Waals surface area contributed by atoms with Gasteiger partial charge >= 0.3 is 0 Å². The molecule has 0 saturated carbocycles. The number of nitrogens with one attached hydrogen (secondary N) is 1. The summed E-state index contributed by atoms with van der Waals surface area (Å²) in [6.07, 6.45) is 4.48. The fraction of sp³-hybridized carbons (Fsp3) is 0.643. The topological polar surface area (TPSA) is 61.4 Å². The number of carbonyl (C=O) groups excluding carboxylic acids is 1. The Morgan fingerprint density at radius 3 is 2.55 bits per heavy atom. The maximum absolute atomic E-state index is 11.8. The molecule has 1 aromatic rings. The highest BCUT2D eigenvalue weighted by Gasteiger charge is 2.20. The van der Waals surface area contributed by atoms with Gasteiger partial charge in [-0.1, -0.05) is 6.92 Å². The molecule has 110 valence electrons. The van der Waals surface area contributed by atoms with Crippen LogP contribution < -0.4 is 10.2 Å². The van der Waals surface area contributed by atoms with Crippen LogP contribution in [0.1, 0.15) is 20.3 Å². The van der Waals surface area contributed by atoms with Crippen molar-refractivity contribution in [1.82, 2.24) is 20.2 Å². The first-order valence-corrected chi connectivity index (χ1v) is 7.22. The Morgan fingerprint density at radius 2 is 1.95 bits per heavy atom. The number of carbonyl (C=O) groups is 1. The van der Waals surface area contributed by atoms with Gasteiger partial charge in [0.2, 0.25) is 11.9 Å². The van der Waals surface area contributed by atoms with Crippen LogP contribution in [0.3, 0.4) is 0 Å². The van der Waals surface area contributed by atoms with Gasteiger partial charge in [-0.15, -0.1) is 0 Å². The molecule has 1 atom stereocenters. The van der Waals surface area contributed by atoms with E-state index in [0.717, 1.165) is 38.5 Å². The molecule has 1 aliphatic heterocycles. The number of rotatable bonds is 5. The van der Waals surface area contributed by atoms with Gasteiger partial charge in [0.15, 0.2) is 0 Å². The van der Waals surface area contributed by atoms with Gasteiger partial charge in [0, 0.05) is 44.6 Å². The highest BCUT2D eigenvalue weighted by Crippen LogP contribution is 2.09. The molecular weight excluding hydrogens is 254 g/mol. The molecule has 0 radical (unpaired) electrons. The van der Waals surface area contributed by atoms with Gasteiger partial charge in [-0.2, -0.15) is 0 Å². The molecule has 0 bridgehead atoms. The summed E-state index contributed by atoms with van der Waals surface area (Å²) in [5.41, 5.74) is 0. The van der Waals surface area contributed by atoms with Crippen LogP contribution in [0.4, 0.5) is 5.95 Å². The van der Waals surface area contributed by atoms with Gasteiger partial charge in [-0.25, -0.2) is 9.97 Å². The number of nitrogens with zero attached hydrogens (tertiary/aromatic N) is 4. The third-order valence-electron chi connectivity index (χ3n) is 3.59. The van der Waals surface area contributed by atoms with E-state index >= 15 is 0 Å². The summed E-state index contributed by atoms with van der Waals surface area (Å²) in [6, 6.07) is 2.07. The molecule has 1 N–H and O–H groups in total. The second-order valence-electron chi connectivity index (χ2n) is 5.19. The fourth-order valence-electron chi connectivity index (χ4n) is 2.19. The molecule has 0 aromatic carbocycles. The average Bonchev–Trinajstić information content (AvgIpc) is 2.48. The van der Waals surface area contributed by atoms with Gasteiger partial charge in [0.1, 0.15) is 0 Å². The van der Waals surface area contributed by atoms with Crippen molar-refractivity contribution in [3.8, 4) is 0 Å².